The number of aryl methyl sites for hydroxylation is 1. The van der Waals surface area contributed by atoms with Crippen molar-refractivity contribution in [2.45, 2.75) is 24.0 Å². The van der Waals surface area contributed by atoms with Crippen LogP contribution in [0.4, 0.5) is 0 Å². The predicted molar refractivity (Wildman–Crippen MR) is 118 cm³/mol. The van der Waals surface area contributed by atoms with E-state index in [1.54, 1.807) is 37.3 Å². The summed E-state index contributed by atoms with van der Waals surface area (Å²) in [7, 11) is -3.98. The SMILES string of the molecule is Cc1ccc(OS(=O)(=O)c2ccc(I)cc2)c(/C=N\N=C2/NC(=O)[C@H](C)S2)c1. The lowest BCUT2D eigenvalue weighted by Crippen LogP contribution is -2.23. The number of hydrogen-bond acceptors (Lipinski definition) is 7. The molecule has 0 unspecified atom stereocenters. The van der Waals surface area contributed by atoms with Crippen LogP contribution in [0.15, 0.2) is 57.6 Å². The smallest absolute Gasteiger partial charge is 0.339 e. The van der Waals surface area contributed by atoms with Crippen molar-refractivity contribution in [3.05, 3.63) is 57.2 Å². The number of hydrogen-bond donors (Lipinski definition) is 1. The summed E-state index contributed by atoms with van der Waals surface area (Å²) in [6.45, 7) is 3.64. The van der Waals surface area contributed by atoms with Gasteiger partial charge >= 0.3 is 10.1 Å². The lowest BCUT2D eigenvalue weighted by Gasteiger charge is -2.10. The summed E-state index contributed by atoms with van der Waals surface area (Å²) in [5.41, 5.74) is 1.37. The van der Waals surface area contributed by atoms with Gasteiger partial charge in [0.1, 0.15) is 4.90 Å². The molecule has 1 heterocycles. The number of thioether (sulfide) groups is 1. The van der Waals surface area contributed by atoms with Gasteiger partial charge in [-0.3, -0.25) is 4.79 Å². The summed E-state index contributed by atoms with van der Waals surface area (Å²) in [5.74, 6) is 0.0201. The second-order valence-electron chi connectivity index (χ2n) is 5.93. The van der Waals surface area contributed by atoms with Gasteiger partial charge in [0.05, 0.1) is 11.5 Å². The fourth-order valence-corrected chi connectivity index (χ4v) is 4.33. The normalized spacial score (nSPS) is 18.6. The number of rotatable bonds is 5. The number of amides is 1. The lowest BCUT2D eigenvalue weighted by molar-refractivity contribution is -0.118. The molecule has 28 heavy (non-hydrogen) atoms. The molecular formula is C18H16IN3O4S2. The Balaban J connectivity index is 1.85. The number of halogens is 1. The van der Waals surface area contributed by atoms with Gasteiger partial charge in [0.15, 0.2) is 10.9 Å². The van der Waals surface area contributed by atoms with Gasteiger partial charge in [-0.15, -0.1) is 5.10 Å². The minimum absolute atomic E-state index is 0.0654. The zero-order chi connectivity index (χ0) is 20.3. The average molecular weight is 529 g/mol. The van der Waals surface area contributed by atoms with Crippen LogP contribution in [0, 0.1) is 10.5 Å². The zero-order valence-electron chi connectivity index (χ0n) is 14.9. The largest absolute Gasteiger partial charge is 0.378 e. The summed E-state index contributed by atoms with van der Waals surface area (Å²) >= 11 is 3.37. The molecule has 0 bridgehead atoms. The van der Waals surface area contributed by atoms with Crippen LogP contribution >= 0.6 is 34.4 Å². The van der Waals surface area contributed by atoms with Crippen molar-refractivity contribution in [1.82, 2.24) is 5.32 Å². The lowest BCUT2D eigenvalue weighted by atomic mass is 10.1. The minimum Gasteiger partial charge on any atom is -0.378 e. The molecule has 1 N–H and O–H groups in total. The van der Waals surface area contributed by atoms with E-state index in [2.05, 4.69) is 38.1 Å². The molecule has 0 aromatic heterocycles. The molecule has 1 aliphatic heterocycles. The average Bonchev–Trinajstić information content (AvgIpc) is 2.95. The van der Waals surface area contributed by atoms with Crippen LogP contribution in [-0.4, -0.2) is 31.0 Å². The quantitative estimate of drug-likeness (QED) is 0.278. The third-order valence-corrected chi connectivity index (χ3v) is 6.64. The third-order valence-electron chi connectivity index (χ3n) is 3.70. The number of carbonyl (C=O) groups excluding carboxylic acids is 1. The summed E-state index contributed by atoms with van der Waals surface area (Å²) in [5, 5.41) is 10.7. The highest BCUT2D eigenvalue weighted by atomic mass is 127. The molecule has 146 valence electrons. The minimum atomic E-state index is -3.98. The van der Waals surface area contributed by atoms with Gasteiger partial charge in [-0.2, -0.15) is 13.5 Å². The molecule has 1 fully saturated rings. The first-order valence-corrected chi connectivity index (χ1v) is 11.5. The van der Waals surface area contributed by atoms with Crippen molar-refractivity contribution in [2.24, 2.45) is 10.2 Å². The van der Waals surface area contributed by atoms with E-state index < -0.39 is 10.1 Å². The summed E-state index contributed by atoms with van der Waals surface area (Å²) in [6, 6.07) is 11.4. The van der Waals surface area contributed by atoms with Crippen molar-refractivity contribution < 1.29 is 17.4 Å². The topological polar surface area (TPSA) is 97.2 Å². The van der Waals surface area contributed by atoms with Gasteiger partial charge < -0.3 is 9.50 Å². The van der Waals surface area contributed by atoms with Gasteiger partial charge in [-0.1, -0.05) is 23.4 Å². The number of carbonyl (C=O) groups is 1. The Bertz CT molecular complexity index is 1070. The first kappa shape index (κ1) is 20.8. The predicted octanol–water partition coefficient (Wildman–Crippen LogP) is 3.31. The van der Waals surface area contributed by atoms with E-state index in [4.69, 9.17) is 4.18 Å². The molecule has 1 atom stereocenters. The van der Waals surface area contributed by atoms with Crippen LogP contribution in [-0.2, 0) is 14.9 Å². The first-order valence-electron chi connectivity index (χ1n) is 8.14. The molecule has 0 aliphatic carbocycles. The van der Waals surface area contributed by atoms with Crippen molar-refractivity contribution in [1.29, 1.82) is 0 Å². The second-order valence-corrected chi connectivity index (χ2v) is 10.1. The van der Waals surface area contributed by atoms with E-state index in [1.165, 1.54) is 30.1 Å². The van der Waals surface area contributed by atoms with E-state index in [1.807, 2.05) is 6.92 Å². The second kappa shape index (κ2) is 8.62. The van der Waals surface area contributed by atoms with Gasteiger partial charge in [-0.25, -0.2) is 0 Å². The van der Waals surface area contributed by atoms with Gasteiger partial charge in [0.25, 0.3) is 0 Å². The molecule has 3 rings (SSSR count). The molecule has 0 radical (unpaired) electrons. The Labute approximate surface area is 180 Å². The highest BCUT2D eigenvalue weighted by Gasteiger charge is 2.25. The highest BCUT2D eigenvalue weighted by Crippen LogP contribution is 2.24. The molecule has 7 nitrogen and oxygen atoms in total. The fourth-order valence-electron chi connectivity index (χ4n) is 2.26. The van der Waals surface area contributed by atoms with Crippen LogP contribution < -0.4 is 9.50 Å². The van der Waals surface area contributed by atoms with Gasteiger partial charge in [-0.05, 0) is 72.8 Å². The van der Waals surface area contributed by atoms with E-state index in [0.29, 0.717) is 10.7 Å². The van der Waals surface area contributed by atoms with E-state index in [-0.39, 0.29) is 21.8 Å². The Morgan fingerprint density at radius 1 is 1.21 bits per heavy atom. The molecule has 10 heteroatoms. The van der Waals surface area contributed by atoms with E-state index in [9.17, 15) is 13.2 Å². The van der Waals surface area contributed by atoms with Crippen LogP contribution in [0.3, 0.4) is 0 Å². The molecule has 2 aromatic carbocycles. The van der Waals surface area contributed by atoms with Crippen LogP contribution in [0.2, 0.25) is 0 Å². The Morgan fingerprint density at radius 2 is 1.93 bits per heavy atom. The molecule has 1 saturated heterocycles. The van der Waals surface area contributed by atoms with Crippen molar-refractivity contribution in [3.8, 4) is 5.75 Å². The zero-order valence-corrected chi connectivity index (χ0v) is 18.7. The molecule has 2 aromatic rings. The monoisotopic (exact) mass is 529 g/mol. The molecule has 0 saturated carbocycles. The number of amidine groups is 1. The Hall–Kier alpha value is -1.92. The van der Waals surface area contributed by atoms with Crippen LogP contribution in [0.1, 0.15) is 18.1 Å². The van der Waals surface area contributed by atoms with Crippen molar-refractivity contribution >= 4 is 61.8 Å². The van der Waals surface area contributed by atoms with E-state index >= 15 is 0 Å². The summed E-state index contributed by atoms with van der Waals surface area (Å²) in [6.07, 6.45) is 1.40. The number of nitrogens with zero attached hydrogens (tertiary/aromatic N) is 2. The van der Waals surface area contributed by atoms with Gasteiger partial charge in [0, 0.05) is 9.13 Å². The van der Waals surface area contributed by atoms with Gasteiger partial charge in [0.2, 0.25) is 5.91 Å². The maximum Gasteiger partial charge on any atom is 0.339 e. The van der Waals surface area contributed by atoms with E-state index in [0.717, 1.165) is 9.13 Å². The summed E-state index contributed by atoms with van der Waals surface area (Å²) < 4.78 is 31.4. The fraction of sp³-hybridized carbons (Fsp3) is 0.167. The maximum atomic E-state index is 12.6. The standard InChI is InChI=1S/C18H16IN3O4S2/c1-11-3-8-16(26-28(24,25)15-6-4-14(19)5-7-15)13(9-11)10-20-22-18-21-17(23)12(2)27-18/h3-10,12H,1-2H3,(H,21,22,23)/b20-10-/t12-/m0/s1. The first-order chi connectivity index (χ1) is 13.2. The van der Waals surface area contributed by atoms with Crippen molar-refractivity contribution in [3.63, 3.8) is 0 Å². The Kier molecular flexibility index (Phi) is 6.40. The molecule has 1 amide bonds. The summed E-state index contributed by atoms with van der Waals surface area (Å²) in [4.78, 5) is 11.5. The highest BCUT2D eigenvalue weighted by molar-refractivity contribution is 14.1. The Morgan fingerprint density at radius 3 is 2.57 bits per heavy atom. The number of benzene rings is 2. The van der Waals surface area contributed by atoms with Crippen molar-refractivity contribution in [2.75, 3.05) is 0 Å². The number of nitrogens with one attached hydrogen (secondary N) is 1. The molecule has 1 aliphatic rings. The molecule has 0 spiro atoms. The molecular weight excluding hydrogens is 513 g/mol. The van der Waals surface area contributed by atoms with Crippen LogP contribution in [0.5, 0.6) is 5.75 Å². The maximum absolute atomic E-state index is 12.6. The third kappa shape index (κ3) is 5.11. The van der Waals surface area contributed by atoms with Crippen LogP contribution in [0.25, 0.3) is 0 Å².